The van der Waals surface area contributed by atoms with Crippen LogP contribution in [0, 0.1) is 0 Å². The fourth-order valence-electron chi connectivity index (χ4n) is 1.53. The molecule has 0 radical (unpaired) electrons. The van der Waals surface area contributed by atoms with Gasteiger partial charge in [-0.2, -0.15) is 0 Å². The van der Waals surface area contributed by atoms with Gasteiger partial charge < -0.3 is 14.8 Å². The summed E-state index contributed by atoms with van der Waals surface area (Å²) in [7, 11) is 0. The number of aliphatic carboxylic acids is 1. The number of aromatic nitrogens is 2. The van der Waals surface area contributed by atoms with Gasteiger partial charge in [0.15, 0.2) is 6.04 Å². The van der Waals surface area contributed by atoms with Crippen LogP contribution in [-0.2, 0) is 20.7 Å². The number of ether oxygens (including phenoxy) is 1. The molecule has 0 saturated carbocycles. The van der Waals surface area contributed by atoms with Crippen molar-refractivity contribution in [2.75, 3.05) is 6.61 Å². The maximum absolute atomic E-state index is 11.3. The van der Waals surface area contributed by atoms with Crippen molar-refractivity contribution < 1.29 is 19.4 Å². The Kier molecular flexibility index (Phi) is 5.72. The van der Waals surface area contributed by atoms with E-state index in [0.717, 1.165) is 0 Å². The Morgan fingerprint density at radius 2 is 2.32 bits per heavy atom. The van der Waals surface area contributed by atoms with Gasteiger partial charge in [0, 0.05) is 24.0 Å². The smallest absolute Gasteiger partial charge is 0.328 e. The Morgan fingerprint density at radius 1 is 1.58 bits per heavy atom. The first-order valence-corrected chi connectivity index (χ1v) is 5.91. The van der Waals surface area contributed by atoms with Crippen molar-refractivity contribution in [2.24, 2.45) is 4.99 Å². The minimum absolute atomic E-state index is 0.000591. The van der Waals surface area contributed by atoms with Gasteiger partial charge in [-0.05, 0) is 13.8 Å². The van der Waals surface area contributed by atoms with E-state index in [-0.39, 0.29) is 12.8 Å². The number of hydrogen-bond acceptors (Lipinski definition) is 5. The molecule has 2 N–H and O–H groups in total. The SMILES string of the molecule is CCOC(=O)CC(C)=N[C@@H](Cc1cnc[nH]1)C(=O)O. The highest BCUT2D eigenvalue weighted by Crippen LogP contribution is 2.05. The number of hydrogen-bond donors (Lipinski definition) is 2. The average molecular weight is 267 g/mol. The van der Waals surface area contributed by atoms with Crippen molar-refractivity contribution in [3.63, 3.8) is 0 Å². The molecule has 7 nitrogen and oxygen atoms in total. The Hall–Kier alpha value is -2.18. The van der Waals surface area contributed by atoms with Crippen LogP contribution < -0.4 is 0 Å². The molecular formula is C12H17N3O4. The largest absolute Gasteiger partial charge is 0.480 e. The first-order valence-electron chi connectivity index (χ1n) is 5.91. The summed E-state index contributed by atoms with van der Waals surface area (Å²) in [5.41, 5.74) is 1.12. The number of esters is 1. The number of nitrogens with one attached hydrogen (secondary N) is 1. The minimum atomic E-state index is -1.04. The number of imidazole rings is 1. The van der Waals surface area contributed by atoms with Gasteiger partial charge in [-0.15, -0.1) is 0 Å². The van der Waals surface area contributed by atoms with Gasteiger partial charge in [0.25, 0.3) is 0 Å². The molecule has 0 aromatic carbocycles. The van der Waals surface area contributed by atoms with Gasteiger partial charge in [-0.1, -0.05) is 0 Å². The summed E-state index contributed by atoms with van der Waals surface area (Å²) >= 11 is 0. The molecule has 0 aliphatic carbocycles. The van der Waals surface area contributed by atoms with Crippen LogP contribution in [-0.4, -0.2) is 45.4 Å². The normalized spacial score (nSPS) is 13.1. The van der Waals surface area contributed by atoms with Gasteiger partial charge in [-0.3, -0.25) is 9.79 Å². The van der Waals surface area contributed by atoms with E-state index in [0.29, 0.717) is 18.0 Å². The number of carboxylic acid groups (broad SMARTS) is 1. The van der Waals surface area contributed by atoms with Crippen molar-refractivity contribution in [3.8, 4) is 0 Å². The number of H-pyrrole nitrogens is 1. The number of nitrogens with zero attached hydrogens (tertiary/aromatic N) is 2. The highest BCUT2D eigenvalue weighted by molar-refractivity contribution is 5.98. The zero-order valence-corrected chi connectivity index (χ0v) is 10.9. The third-order valence-electron chi connectivity index (χ3n) is 2.33. The van der Waals surface area contributed by atoms with E-state index in [2.05, 4.69) is 15.0 Å². The summed E-state index contributed by atoms with van der Waals surface area (Å²) in [5, 5.41) is 9.10. The predicted octanol–water partition coefficient (Wildman–Crippen LogP) is 0.819. The zero-order chi connectivity index (χ0) is 14.3. The van der Waals surface area contributed by atoms with Gasteiger partial charge in [0.05, 0.1) is 19.4 Å². The van der Waals surface area contributed by atoms with E-state index in [1.165, 1.54) is 6.33 Å². The number of carboxylic acids is 1. The maximum atomic E-state index is 11.3. The molecule has 0 fully saturated rings. The van der Waals surface area contributed by atoms with Crippen LogP contribution >= 0.6 is 0 Å². The van der Waals surface area contributed by atoms with Gasteiger partial charge in [0.1, 0.15) is 0 Å². The zero-order valence-electron chi connectivity index (χ0n) is 10.9. The van der Waals surface area contributed by atoms with Crippen molar-refractivity contribution in [2.45, 2.75) is 32.7 Å². The highest BCUT2D eigenvalue weighted by Gasteiger charge is 2.18. The molecule has 1 aromatic heterocycles. The van der Waals surface area contributed by atoms with Gasteiger partial charge in [0.2, 0.25) is 0 Å². The molecule has 0 amide bonds. The molecule has 1 atom stereocenters. The van der Waals surface area contributed by atoms with Crippen LogP contribution in [0.2, 0.25) is 0 Å². The second-order valence-electron chi connectivity index (χ2n) is 3.98. The van der Waals surface area contributed by atoms with Gasteiger partial charge >= 0.3 is 11.9 Å². The summed E-state index contributed by atoms with van der Waals surface area (Å²) in [6, 6.07) is -0.935. The monoisotopic (exact) mass is 267 g/mol. The fraction of sp³-hybridized carbons (Fsp3) is 0.500. The lowest BCUT2D eigenvalue weighted by Crippen LogP contribution is -2.23. The highest BCUT2D eigenvalue weighted by atomic mass is 16.5. The van der Waals surface area contributed by atoms with Crippen molar-refractivity contribution >= 4 is 17.7 Å². The standard InChI is InChI=1S/C12H17N3O4/c1-3-19-11(16)4-8(2)15-10(12(17)18)5-9-6-13-7-14-9/h6-7,10H,3-5H2,1-2H3,(H,13,14)(H,17,18)/t10-/m0/s1. The molecule has 0 spiro atoms. The summed E-state index contributed by atoms with van der Waals surface area (Å²) in [5.74, 6) is -1.45. The van der Waals surface area contributed by atoms with Crippen LogP contribution in [0.5, 0.6) is 0 Å². The van der Waals surface area contributed by atoms with E-state index in [9.17, 15) is 9.59 Å². The van der Waals surface area contributed by atoms with E-state index >= 15 is 0 Å². The molecule has 1 rings (SSSR count). The Bertz CT molecular complexity index is 454. The molecule has 0 bridgehead atoms. The number of carbonyl (C=O) groups is 2. The average Bonchev–Trinajstić information content (AvgIpc) is 2.80. The molecular weight excluding hydrogens is 250 g/mol. The van der Waals surface area contributed by atoms with Crippen molar-refractivity contribution in [1.82, 2.24) is 9.97 Å². The van der Waals surface area contributed by atoms with Crippen molar-refractivity contribution in [1.29, 1.82) is 0 Å². The third kappa shape index (κ3) is 5.33. The van der Waals surface area contributed by atoms with Crippen LogP contribution in [0.15, 0.2) is 17.5 Å². The Morgan fingerprint density at radius 3 is 2.84 bits per heavy atom. The fourth-order valence-corrected chi connectivity index (χ4v) is 1.53. The van der Waals surface area contributed by atoms with E-state index < -0.39 is 18.0 Å². The minimum Gasteiger partial charge on any atom is -0.480 e. The van der Waals surface area contributed by atoms with Crippen LogP contribution in [0.1, 0.15) is 26.0 Å². The Balaban J connectivity index is 2.66. The Labute approximate surface area is 110 Å². The molecule has 0 unspecified atom stereocenters. The van der Waals surface area contributed by atoms with Gasteiger partial charge in [-0.25, -0.2) is 9.78 Å². The van der Waals surface area contributed by atoms with Crippen LogP contribution in [0.3, 0.4) is 0 Å². The van der Waals surface area contributed by atoms with Crippen LogP contribution in [0.25, 0.3) is 0 Å². The number of carbonyl (C=O) groups excluding carboxylic acids is 1. The summed E-state index contributed by atoms with van der Waals surface area (Å²) < 4.78 is 4.78. The van der Waals surface area contributed by atoms with E-state index in [4.69, 9.17) is 9.84 Å². The maximum Gasteiger partial charge on any atom is 0.328 e. The quantitative estimate of drug-likeness (QED) is 0.562. The second-order valence-corrected chi connectivity index (χ2v) is 3.98. The lowest BCUT2D eigenvalue weighted by molar-refractivity contribution is -0.142. The summed E-state index contributed by atoms with van der Waals surface area (Å²) in [4.78, 5) is 33.0. The molecule has 0 saturated heterocycles. The summed E-state index contributed by atoms with van der Waals surface area (Å²) in [6.45, 7) is 3.62. The molecule has 19 heavy (non-hydrogen) atoms. The van der Waals surface area contributed by atoms with Crippen molar-refractivity contribution in [3.05, 3.63) is 18.2 Å². The molecule has 104 valence electrons. The number of aromatic amines is 1. The lowest BCUT2D eigenvalue weighted by atomic mass is 10.1. The molecule has 1 aromatic rings. The van der Waals surface area contributed by atoms with E-state index in [1.807, 2.05) is 0 Å². The summed E-state index contributed by atoms with van der Waals surface area (Å²) in [6.07, 6.45) is 3.23. The molecule has 0 aliphatic rings. The predicted molar refractivity (Wildman–Crippen MR) is 68.1 cm³/mol. The molecule has 0 aliphatic heterocycles. The first-order chi connectivity index (χ1) is 9.02. The third-order valence-corrected chi connectivity index (χ3v) is 2.33. The topological polar surface area (TPSA) is 105 Å². The number of rotatable bonds is 7. The second kappa shape index (κ2) is 7.30. The lowest BCUT2D eigenvalue weighted by Gasteiger charge is -2.08. The van der Waals surface area contributed by atoms with Crippen LogP contribution in [0.4, 0.5) is 0 Å². The first kappa shape index (κ1) is 14.9. The number of aliphatic imine (C=N–C) groups is 1. The molecule has 7 heteroatoms. The van der Waals surface area contributed by atoms with E-state index in [1.54, 1.807) is 20.0 Å². The molecule has 1 heterocycles.